The van der Waals surface area contributed by atoms with Crippen LogP contribution in [0.25, 0.3) is 5.83 Å². The van der Waals surface area contributed by atoms with Crippen LogP contribution in [0.4, 0.5) is 8.78 Å². The predicted molar refractivity (Wildman–Crippen MR) is 56.9 cm³/mol. The number of carbonyl (C=O) groups is 1. The average molecular weight is 237 g/mol. The molecule has 0 saturated heterocycles. The summed E-state index contributed by atoms with van der Waals surface area (Å²) >= 11 is 0. The van der Waals surface area contributed by atoms with Crippen molar-refractivity contribution in [3.63, 3.8) is 0 Å². The Hall–Kier alpha value is -2.22. The summed E-state index contributed by atoms with van der Waals surface area (Å²) in [7, 11) is 0. The quantitative estimate of drug-likeness (QED) is 0.600. The van der Waals surface area contributed by atoms with E-state index in [1.54, 1.807) is 0 Å². The van der Waals surface area contributed by atoms with E-state index < -0.39 is 17.6 Å². The molecular weight excluding hydrogens is 228 g/mol. The predicted octanol–water partition coefficient (Wildman–Crippen LogP) is 2.73. The van der Waals surface area contributed by atoms with Gasteiger partial charge in [-0.1, -0.05) is 12.1 Å². The van der Waals surface area contributed by atoms with E-state index in [1.807, 2.05) is 6.07 Å². The van der Waals surface area contributed by atoms with Crippen LogP contribution in [0.5, 0.6) is 0 Å². The lowest BCUT2D eigenvalue weighted by Crippen LogP contribution is -2.05. The number of nitrogens with zero attached hydrogens (tertiary/aromatic N) is 1. The van der Waals surface area contributed by atoms with Crippen molar-refractivity contribution in [2.45, 2.75) is 6.92 Å². The first-order valence-corrected chi connectivity index (χ1v) is 4.83. The Morgan fingerprint density at radius 2 is 1.94 bits per heavy atom. The molecule has 0 atom stereocenters. The molecule has 0 aliphatic carbocycles. The molecule has 0 aromatic heterocycles. The maximum absolute atomic E-state index is 13.5. The van der Waals surface area contributed by atoms with Crippen molar-refractivity contribution in [3.8, 4) is 6.07 Å². The van der Waals surface area contributed by atoms with Crippen molar-refractivity contribution in [2.75, 3.05) is 6.61 Å². The zero-order valence-electron chi connectivity index (χ0n) is 9.04. The van der Waals surface area contributed by atoms with E-state index in [4.69, 9.17) is 5.26 Å². The van der Waals surface area contributed by atoms with Crippen LogP contribution in [-0.4, -0.2) is 12.6 Å². The number of esters is 1. The van der Waals surface area contributed by atoms with Crippen molar-refractivity contribution in [1.82, 2.24) is 0 Å². The van der Waals surface area contributed by atoms with Crippen LogP contribution in [0.1, 0.15) is 18.1 Å². The number of rotatable bonds is 3. The zero-order valence-corrected chi connectivity index (χ0v) is 9.04. The standard InChI is InChI=1S/C12H9F2NO2/c1-2-17-12(16)11(14)10(13)9-5-3-8(7-15)4-6-9/h3-6H,2H2,1H3. The minimum absolute atomic E-state index is 0.0348. The van der Waals surface area contributed by atoms with Gasteiger partial charge in [-0.25, -0.2) is 9.18 Å². The average Bonchev–Trinajstić information content (AvgIpc) is 2.37. The molecule has 1 aromatic rings. The molecule has 5 heteroatoms. The Morgan fingerprint density at radius 1 is 1.35 bits per heavy atom. The van der Waals surface area contributed by atoms with Crippen molar-refractivity contribution in [3.05, 3.63) is 41.2 Å². The van der Waals surface area contributed by atoms with Crippen LogP contribution in [0.15, 0.2) is 30.1 Å². The third kappa shape index (κ3) is 3.11. The summed E-state index contributed by atoms with van der Waals surface area (Å²) in [4.78, 5) is 10.9. The second kappa shape index (κ2) is 5.75. The van der Waals surface area contributed by atoms with Crippen LogP contribution in [0, 0.1) is 11.3 Å². The largest absolute Gasteiger partial charge is 0.461 e. The lowest BCUT2D eigenvalue weighted by molar-refractivity contribution is -0.140. The van der Waals surface area contributed by atoms with E-state index in [0.29, 0.717) is 5.56 Å². The highest BCUT2D eigenvalue weighted by atomic mass is 19.2. The molecular formula is C12H9F2NO2. The Balaban J connectivity index is 3.02. The Kier molecular flexibility index (Phi) is 4.35. The van der Waals surface area contributed by atoms with Gasteiger partial charge in [0.1, 0.15) is 0 Å². The summed E-state index contributed by atoms with van der Waals surface area (Å²) < 4.78 is 31.0. The van der Waals surface area contributed by atoms with Gasteiger partial charge in [0.05, 0.1) is 18.2 Å². The highest BCUT2D eigenvalue weighted by molar-refractivity contribution is 5.93. The molecule has 0 spiro atoms. The van der Waals surface area contributed by atoms with Gasteiger partial charge in [0.2, 0.25) is 5.83 Å². The molecule has 0 aliphatic rings. The molecule has 0 fully saturated rings. The molecule has 88 valence electrons. The van der Waals surface area contributed by atoms with E-state index >= 15 is 0 Å². The summed E-state index contributed by atoms with van der Waals surface area (Å²) in [5.74, 6) is -4.21. The van der Waals surface area contributed by atoms with E-state index in [0.717, 1.165) is 0 Å². The lowest BCUT2D eigenvalue weighted by atomic mass is 10.1. The first-order chi connectivity index (χ1) is 8.10. The van der Waals surface area contributed by atoms with Gasteiger partial charge in [-0.3, -0.25) is 0 Å². The van der Waals surface area contributed by atoms with Crippen molar-refractivity contribution < 1.29 is 18.3 Å². The number of benzene rings is 1. The van der Waals surface area contributed by atoms with Gasteiger partial charge in [-0.15, -0.1) is 0 Å². The van der Waals surface area contributed by atoms with Gasteiger partial charge < -0.3 is 4.74 Å². The molecule has 0 heterocycles. The van der Waals surface area contributed by atoms with Gasteiger partial charge in [-0.2, -0.15) is 9.65 Å². The van der Waals surface area contributed by atoms with Gasteiger partial charge in [0.25, 0.3) is 0 Å². The number of hydrogen-bond acceptors (Lipinski definition) is 3. The van der Waals surface area contributed by atoms with E-state index in [9.17, 15) is 13.6 Å². The van der Waals surface area contributed by atoms with Crippen molar-refractivity contribution in [1.29, 1.82) is 5.26 Å². The number of nitriles is 1. The molecule has 1 rings (SSSR count). The molecule has 1 aromatic carbocycles. The Bertz CT molecular complexity index is 486. The number of carbonyl (C=O) groups excluding carboxylic acids is 1. The van der Waals surface area contributed by atoms with Crippen LogP contribution in [0.2, 0.25) is 0 Å². The van der Waals surface area contributed by atoms with Gasteiger partial charge in [-0.05, 0) is 19.1 Å². The van der Waals surface area contributed by atoms with Crippen LogP contribution in [0.3, 0.4) is 0 Å². The van der Waals surface area contributed by atoms with Crippen LogP contribution >= 0.6 is 0 Å². The zero-order chi connectivity index (χ0) is 12.8. The summed E-state index contributed by atoms with van der Waals surface area (Å²) in [5, 5.41) is 8.53. The first kappa shape index (κ1) is 12.8. The fourth-order valence-corrected chi connectivity index (χ4v) is 1.10. The molecule has 0 amide bonds. The number of hydrogen-bond donors (Lipinski definition) is 0. The van der Waals surface area contributed by atoms with Crippen molar-refractivity contribution >= 4 is 11.8 Å². The summed E-state index contributed by atoms with van der Waals surface area (Å²) in [6.07, 6.45) is 0. The molecule has 0 unspecified atom stereocenters. The fraction of sp³-hybridized carbons (Fsp3) is 0.167. The van der Waals surface area contributed by atoms with E-state index in [2.05, 4.69) is 4.74 Å². The number of halogens is 2. The second-order valence-electron chi connectivity index (χ2n) is 3.04. The first-order valence-electron chi connectivity index (χ1n) is 4.83. The number of ether oxygens (including phenoxy) is 1. The van der Waals surface area contributed by atoms with Crippen LogP contribution < -0.4 is 0 Å². The summed E-state index contributed by atoms with van der Waals surface area (Å²) in [5.41, 5.74) is 0.202. The van der Waals surface area contributed by atoms with Gasteiger partial charge >= 0.3 is 5.97 Å². The maximum Gasteiger partial charge on any atom is 0.370 e. The van der Waals surface area contributed by atoms with Crippen LogP contribution in [-0.2, 0) is 9.53 Å². The topological polar surface area (TPSA) is 50.1 Å². The lowest BCUT2D eigenvalue weighted by Gasteiger charge is -2.01. The monoisotopic (exact) mass is 237 g/mol. The second-order valence-corrected chi connectivity index (χ2v) is 3.04. The third-order valence-corrected chi connectivity index (χ3v) is 1.91. The minimum Gasteiger partial charge on any atom is -0.461 e. The Morgan fingerprint density at radius 3 is 2.41 bits per heavy atom. The highest BCUT2D eigenvalue weighted by Crippen LogP contribution is 2.22. The molecule has 3 nitrogen and oxygen atoms in total. The fourth-order valence-electron chi connectivity index (χ4n) is 1.10. The van der Waals surface area contributed by atoms with Crippen molar-refractivity contribution in [2.24, 2.45) is 0 Å². The van der Waals surface area contributed by atoms with E-state index in [-0.39, 0.29) is 12.2 Å². The minimum atomic E-state index is -1.57. The third-order valence-electron chi connectivity index (χ3n) is 1.91. The summed E-state index contributed by atoms with van der Waals surface area (Å²) in [6, 6.07) is 6.92. The molecule has 0 radical (unpaired) electrons. The SMILES string of the molecule is CCOC(=O)C(F)=C(F)c1ccc(C#N)cc1. The molecule has 17 heavy (non-hydrogen) atoms. The molecule has 0 N–H and O–H groups in total. The molecule has 0 saturated carbocycles. The molecule has 0 bridgehead atoms. The van der Waals surface area contributed by atoms with Gasteiger partial charge in [0, 0.05) is 5.56 Å². The highest BCUT2D eigenvalue weighted by Gasteiger charge is 2.18. The molecule has 0 aliphatic heterocycles. The smallest absolute Gasteiger partial charge is 0.370 e. The van der Waals surface area contributed by atoms with Gasteiger partial charge in [0.15, 0.2) is 5.83 Å². The summed E-state index contributed by atoms with van der Waals surface area (Å²) in [6.45, 7) is 1.46. The normalized spacial score (nSPS) is 11.4. The van der Waals surface area contributed by atoms with E-state index in [1.165, 1.54) is 31.2 Å². The Labute approximate surface area is 96.9 Å². The maximum atomic E-state index is 13.5.